The molecule has 0 saturated carbocycles. The van der Waals surface area contributed by atoms with Crippen molar-refractivity contribution in [1.29, 1.82) is 0 Å². The van der Waals surface area contributed by atoms with Gasteiger partial charge in [0.25, 0.3) is 0 Å². The third-order valence-electron chi connectivity index (χ3n) is 2.49. The van der Waals surface area contributed by atoms with Crippen molar-refractivity contribution < 1.29 is 9.50 Å². The molecule has 0 bridgehead atoms. The summed E-state index contributed by atoms with van der Waals surface area (Å²) in [6.07, 6.45) is 1.48. The predicted molar refractivity (Wildman–Crippen MR) is 79.2 cm³/mol. The summed E-state index contributed by atoms with van der Waals surface area (Å²) in [7, 11) is 0. The topological polar surface area (TPSA) is 32.6 Å². The average Bonchev–Trinajstić information content (AvgIpc) is 2.33. The molecule has 0 aromatic heterocycles. The van der Waals surface area contributed by atoms with Crippen LogP contribution in [-0.4, -0.2) is 11.3 Å². The number of hydrogen-bond acceptors (Lipinski definition) is 2. The van der Waals surface area contributed by atoms with E-state index in [9.17, 15) is 9.50 Å². The zero-order valence-corrected chi connectivity index (χ0v) is 11.8. The molecular formula is C14H11FINO. The monoisotopic (exact) mass is 355 g/mol. The van der Waals surface area contributed by atoms with E-state index in [2.05, 4.69) is 27.6 Å². The van der Waals surface area contributed by atoms with Crippen LogP contribution in [0.15, 0.2) is 41.4 Å². The van der Waals surface area contributed by atoms with Crippen molar-refractivity contribution in [3.63, 3.8) is 0 Å². The predicted octanol–water partition coefficient (Wildman–Crippen LogP) is 4.19. The lowest BCUT2D eigenvalue weighted by Crippen LogP contribution is -1.88. The minimum atomic E-state index is -0.379. The Kier molecular flexibility index (Phi) is 3.96. The van der Waals surface area contributed by atoms with Crippen molar-refractivity contribution in [2.24, 2.45) is 4.99 Å². The second-order valence-electron chi connectivity index (χ2n) is 3.87. The highest BCUT2D eigenvalue weighted by Gasteiger charge is 2.04. The van der Waals surface area contributed by atoms with E-state index >= 15 is 0 Å². The number of hydrogen-bond donors (Lipinski definition) is 1. The van der Waals surface area contributed by atoms with Crippen molar-refractivity contribution in [3.8, 4) is 5.75 Å². The SMILES string of the molecule is Cc1cc(I)cc(C=Nc2ccccc2F)c1O. The van der Waals surface area contributed by atoms with E-state index in [1.807, 2.05) is 13.0 Å². The van der Waals surface area contributed by atoms with Crippen LogP contribution in [0.4, 0.5) is 10.1 Å². The minimum absolute atomic E-state index is 0.176. The van der Waals surface area contributed by atoms with Crippen molar-refractivity contribution in [2.45, 2.75) is 6.92 Å². The molecule has 0 saturated heterocycles. The molecule has 0 aliphatic rings. The van der Waals surface area contributed by atoms with E-state index in [4.69, 9.17) is 0 Å². The summed E-state index contributed by atoms with van der Waals surface area (Å²) in [4.78, 5) is 4.06. The first-order valence-corrected chi connectivity index (χ1v) is 6.43. The fourth-order valence-corrected chi connectivity index (χ4v) is 2.36. The maximum Gasteiger partial charge on any atom is 0.148 e. The van der Waals surface area contributed by atoms with Crippen molar-refractivity contribution in [3.05, 3.63) is 56.9 Å². The summed E-state index contributed by atoms with van der Waals surface area (Å²) in [5.41, 5.74) is 1.62. The van der Waals surface area contributed by atoms with Crippen molar-refractivity contribution in [2.75, 3.05) is 0 Å². The first-order chi connectivity index (χ1) is 8.58. The van der Waals surface area contributed by atoms with E-state index in [-0.39, 0.29) is 17.3 Å². The third kappa shape index (κ3) is 2.87. The molecule has 0 amide bonds. The highest BCUT2D eigenvalue weighted by Crippen LogP contribution is 2.24. The smallest absolute Gasteiger partial charge is 0.148 e. The van der Waals surface area contributed by atoms with Crippen LogP contribution in [0.25, 0.3) is 0 Å². The number of phenolic OH excluding ortho intramolecular Hbond substituents is 1. The minimum Gasteiger partial charge on any atom is -0.507 e. The molecule has 1 N–H and O–H groups in total. The van der Waals surface area contributed by atoms with Crippen LogP contribution in [0.1, 0.15) is 11.1 Å². The number of nitrogens with zero attached hydrogens (tertiary/aromatic N) is 1. The van der Waals surface area contributed by atoms with E-state index in [0.717, 1.165) is 9.13 Å². The van der Waals surface area contributed by atoms with Gasteiger partial charge in [-0.3, -0.25) is 4.99 Å². The molecule has 0 aliphatic heterocycles. The Balaban J connectivity index is 2.38. The molecule has 2 nitrogen and oxygen atoms in total. The molecule has 0 unspecified atom stereocenters. The molecule has 2 aromatic carbocycles. The van der Waals surface area contributed by atoms with Crippen LogP contribution < -0.4 is 0 Å². The summed E-state index contributed by atoms with van der Waals surface area (Å²) in [6.45, 7) is 1.82. The summed E-state index contributed by atoms with van der Waals surface area (Å²) in [6, 6.07) is 9.94. The van der Waals surface area contributed by atoms with Gasteiger partial charge in [0.2, 0.25) is 0 Å². The van der Waals surface area contributed by atoms with Crippen LogP contribution in [0.2, 0.25) is 0 Å². The van der Waals surface area contributed by atoms with Gasteiger partial charge >= 0.3 is 0 Å². The molecule has 18 heavy (non-hydrogen) atoms. The molecule has 0 aliphatic carbocycles. The average molecular weight is 355 g/mol. The molecule has 0 heterocycles. The van der Waals surface area contributed by atoms with E-state index < -0.39 is 0 Å². The Morgan fingerprint density at radius 3 is 2.72 bits per heavy atom. The number of aromatic hydroxyl groups is 1. The number of aliphatic imine (C=N–C) groups is 1. The van der Waals surface area contributed by atoms with Crippen LogP contribution in [0.3, 0.4) is 0 Å². The molecule has 92 valence electrons. The number of halogens is 2. The molecule has 0 fully saturated rings. The molecule has 2 aromatic rings. The number of phenols is 1. The second-order valence-corrected chi connectivity index (χ2v) is 5.12. The Labute approximate surface area is 118 Å². The van der Waals surface area contributed by atoms with Crippen LogP contribution >= 0.6 is 22.6 Å². The van der Waals surface area contributed by atoms with Gasteiger partial charge < -0.3 is 5.11 Å². The molecule has 2 rings (SSSR count). The standard InChI is InChI=1S/C14H11FINO/c1-9-6-11(16)7-10(14(9)18)8-17-13-5-3-2-4-12(13)15/h2-8,18H,1H3. The van der Waals surface area contributed by atoms with E-state index in [0.29, 0.717) is 5.56 Å². The van der Waals surface area contributed by atoms with Crippen molar-refractivity contribution in [1.82, 2.24) is 0 Å². The molecule has 0 atom stereocenters. The summed E-state index contributed by atoms with van der Waals surface area (Å²) in [5.74, 6) is -0.203. The maximum atomic E-state index is 13.4. The fraction of sp³-hybridized carbons (Fsp3) is 0.0714. The normalized spacial score (nSPS) is 11.1. The van der Waals surface area contributed by atoms with Crippen LogP contribution in [0, 0.1) is 16.3 Å². The van der Waals surface area contributed by atoms with Gasteiger partial charge in [-0.1, -0.05) is 12.1 Å². The lowest BCUT2D eigenvalue weighted by atomic mass is 10.1. The van der Waals surface area contributed by atoms with Crippen LogP contribution in [0.5, 0.6) is 5.75 Å². The van der Waals surface area contributed by atoms with E-state index in [1.54, 1.807) is 24.3 Å². The highest BCUT2D eigenvalue weighted by molar-refractivity contribution is 14.1. The van der Waals surface area contributed by atoms with Gasteiger partial charge in [-0.05, 0) is 59.3 Å². The Bertz CT molecular complexity index is 611. The van der Waals surface area contributed by atoms with Crippen LogP contribution in [-0.2, 0) is 0 Å². The Morgan fingerprint density at radius 1 is 1.28 bits per heavy atom. The summed E-state index contributed by atoms with van der Waals surface area (Å²) < 4.78 is 14.4. The number of rotatable bonds is 2. The zero-order valence-electron chi connectivity index (χ0n) is 9.69. The van der Waals surface area contributed by atoms with Gasteiger partial charge in [0, 0.05) is 15.3 Å². The largest absolute Gasteiger partial charge is 0.507 e. The Morgan fingerprint density at radius 2 is 2.00 bits per heavy atom. The summed E-state index contributed by atoms with van der Waals surface area (Å²) >= 11 is 2.16. The lowest BCUT2D eigenvalue weighted by molar-refractivity contribution is 0.470. The van der Waals surface area contributed by atoms with Gasteiger partial charge in [-0.2, -0.15) is 0 Å². The zero-order chi connectivity index (χ0) is 13.1. The third-order valence-corrected chi connectivity index (χ3v) is 3.11. The quantitative estimate of drug-likeness (QED) is 0.636. The van der Waals surface area contributed by atoms with Crippen molar-refractivity contribution >= 4 is 34.5 Å². The molecular weight excluding hydrogens is 344 g/mol. The van der Waals surface area contributed by atoms with Gasteiger partial charge in [0.15, 0.2) is 0 Å². The van der Waals surface area contributed by atoms with E-state index in [1.165, 1.54) is 12.3 Å². The Hall–Kier alpha value is -1.43. The maximum absolute atomic E-state index is 13.4. The first kappa shape index (κ1) is 13.0. The van der Waals surface area contributed by atoms with Gasteiger partial charge in [0.1, 0.15) is 11.6 Å². The molecule has 4 heteroatoms. The lowest BCUT2D eigenvalue weighted by Gasteiger charge is -2.04. The fourth-order valence-electron chi connectivity index (χ4n) is 1.56. The number of para-hydroxylation sites is 1. The van der Waals surface area contributed by atoms with Gasteiger partial charge in [-0.25, -0.2) is 4.39 Å². The number of aryl methyl sites for hydroxylation is 1. The second kappa shape index (κ2) is 5.48. The highest BCUT2D eigenvalue weighted by atomic mass is 127. The summed E-state index contributed by atoms with van der Waals surface area (Å²) in [5, 5.41) is 9.88. The molecule has 0 spiro atoms. The van der Waals surface area contributed by atoms with Gasteiger partial charge in [-0.15, -0.1) is 0 Å². The first-order valence-electron chi connectivity index (χ1n) is 5.35. The van der Waals surface area contributed by atoms with Gasteiger partial charge in [0.05, 0.1) is 5.69 Å². The number of benzene rings is 2. The molecule has 0 radical (unpaired) electrons.